The number of ether oxygens (including phenoxy) is 1. The topological polar surface area (TPSA) is 80.6 Å². The molecule has 2 amide bonds. The van der Waals surface area contributed by atoms with Gasteiger partial charge in [0, 0.05) is 31.4 Å². The zero-order valence-corrected chi connectivity index (χ0v) is 15.6. The van der Waals surface area contributed by atoms with Gasteiger partial charge in [-0.1, -0.05) is 18.2 Å². The predicted octanol–water partition coefficient (Wildman–Crippen LogP) is 0.545. The molecule has 1 spiro atoms. The highest BCUT2D eigenvalue weighted by atomic mass is 16.5. The van der Waals surface area contributed by atoms with Crippen molar-refractivity contribution in [3.63, 3.8) is 0 Å². The molecular formula is C20H25N3O4. The molecule has 4 atom stereocenters. The number of fused-ring (bicyclic) bond motifs is 1. The lowest BCUT2D eigenvalue weighted by molar-refractivity contribution is -0.138. The largest absolute Gasteiger partial charge is 0.360 e. The van der Waals surface area contributed by atoms with Gasteiger partial charge in [0.25, 0.3) is 0 Å². The van der Waals surface area contributed by atoms with Crippen molar-refractivity contribution < 1.29 is 14.3 Å². The molecule has 1 aromatic rings. The number of hydrogen-bond donors (Lipinski definition) is 1. The zero-order chi connectivity index (χ0) is 19.2. The molecule has 0 aliphatic carbocycles. The third-order valence-corrected chi connectivity index (χ3v) is 5.83. The van der Waals surface area contributed by atoms with E-state index in [1.54, 1.807) is 21.7 Å². The van der Waals surface area contributed by atoms with Crippen molar-refractivity contribution in [1.29, 1.82) is 0 Å². The van der Waals surface area contributed by atoms with Crippen LogP contribution in [0.3, 0.4) is 0 Å². The lowest BCUT2D eigenvalue weighted by Gasteiger charge is -2.24. The summed E-state index contributed by atoms with van der Waals surface area (Å²) in [5.41, 5.74) is -0.700. The molecule has 0 radical (unpaired) electrons. The number of hydrogen-bond acceptors (Lipinski definition) is 4. The molecule has 1 aromatic heterocycles. The Balaban J connectivity index is 1.38. The molecule has 2 saturated heterocycles. The number of likely N-dealkylation sites (tertiary alicyclic amines) is 1. The van der Waals surface area contributed by atoms with E-state index in [9.17, 15) is 14.4 Å². The molecule has 3 aliphatic rings. The van der Waals surface area contributed by atoms with Crippen molar-refractivity contribution in [1.82, 2.24) is 14.8 Å². The number of pyridine rings is 1. The molecule has 0 saturated carbocycles. The lowest BCUT2D eigenvalue weighted by atomic mass is 9.77. The molecule has 4 heterocycles. The van der Waals surface area contributed by atoms with Gasteiger partial charge in [0.2, 0.25) is 17.4 Å². The highest BCUT2D eigenvalue weighted by Gasteiger charge is 2.66. The summed E-state index contributed by atoms with van der Waals surface area (Å²) in [6.07, 6.45) is 5.94. The SMILES string of the molecule is CC(C)N1C[C@]23C=C[C@H](O2)[C@H](C(=O)NCCCn2ccccc2=O)[C@@H]3C1=O. The van der Waals surface area contributed by atoms with E-state index >= 15 is 0 Å². The molecule has 27 heavy (non-hydrogen) atoms. The van der Waals surface area contributed by atoms with Crippen LogP contribution < -0.4 is 10.9 Å². The fraction of sp³-hybridized carbons (Fsp3) is 0.550. The first-order valence-corrected chi connectivity index (χ1v) is 9.54. The molecule has 2 bridgehead atoms. The Labute approximate surface area is 158 Å². The van der Waals surface area contributed by atoms with E-state index in [2.05, 4.69) is 5.32 Å². The number of rotatable bonds is 6. The maximum absolute atomic E-state index is 12.9. The van der Waals surface area contributed by atoms with Crippen LogP contribution in [0.2, 0.25) is 0 Å². The maximum atomic E-state index is 12.9. The van der Waals surface area contributed by atoms with E-state index in [4.69, 9.17) is 4.74 Å². The van der Waals surface area contributed by atoms with Gasteiger partial charge in [-0.3, -0.25) is 14.4 Å². The number of aryl methyl sites for hydroxylation is 1. The van der Waals surface area contributed by atoms with Gasteiger partial charge in [-0.25, -0.2) is 0 Å². The predicted molar refractivity (Wildman–Crippen MR) is 98.9 cm³/mol. The van der Waals surface area contributed by atoms with E-state index in [1.807, 2.05) is 32.1 Å². The quantitative estimate of drug-likeness (QED) is 0.585. The summed E-state index contributed by atoms with van der Waals surface area (Å²) in [4.78, 5) is 39.2. The van der Waals surface area contributed by atoms with Crippen LogP contribution in [0.1, 0.15) is 20.3 Å². The standard InChI is InChI=1S/C20H25N3O4/c1-13(2)23-12-20-8-7-14(27-20)16(17(20)19(23)26)18(25)21-9-5-11-22-10-4-3-6-15(22)24/h3-4,6-8,10,13-14,16-17H,5,9,11-12H2,1-2H3,(H,21,25)/t14-,16-,17+,20-/m0/s1. The van der Waals surface area contributed by atoms with Crippen molar-refractivity contribution in [3.8, 4) is 0 Å². The van der Waals surface area contributed by atoms with Crippen molar-refractivity contribution in [3.05, 3.63) is 46.9 Å². The monoisotopic (exact) mass is 371 g/mol. The Morgan fingerprint density at radius 1 is 1.37 bits per heavy atom. The van der Waals surface area contributed by atoms with Gasteiger partial charge < -0.3 is 19.5 Å². The Hall–Kier alpha value is -2.41. The summed E-state index contributed by atoms with van der Waals surface area (Å²) in [5.74, 6) is -1.05. The van der Waals surface area contributed by atoms with Crippen LogP contribution in [0.15, 0.2) is 41.3 Å². The second-order valence-corrected chi connectivity index (χ2v) is 7.84. The molecule has 0 unspecified atom stereocenters. The molecule has 1 N–H and O–H groups in total. The first kappa shape index (κ1) is 18.0. The maximum Gasteiger partial charge on any atom is 0.250 e. The number of nitrogens with one attached hydrogen (secondary N) is 1. The smallest absolute Gasteiger partial charge is 0.250 e. The Morgan fingerprint density at radius 2 is 2.19 bits per heavy atom. The number of amides is 2. The summed E-state index contributed by atoms with van der Waals surface area (Å²) in [5, 5.41) is 2.93. The minimum atomic E-state index is -0.647. The highest BCUT2D eigenvalue weighted by molar-refractivity contribution is 5.93. The number of carbonyl (C=O) groups excluding carboxylic acids is 2. The number of carbonyl (C=O) groups is 2. The molecule has 2 fully saturated rings. The first-order chi connectivity index (χ1) is 12.9. The van der Waals surface area contributed by atoms with Crippen LogP contribution in [-0.4, -0.2) is 52.1 Å². The first-order valence-electron chi connectivity index (χ1n) is 9.54. The van der Waals surface area contributed by atoms with Crippen molar-refractivity contribution in [2.45, 2.75) is 44.6 Å². The van der Waals surface area contributed by atoms with Crippen LogP contribution in [0, 0.1) is 11.8 Å². The number of nitrogens with zero attached hydrogens (tertiary/aromatic N) is 2. The van der Waals surface area contributed by atoms with Crippen molar-refractivity contribution >= 4 is 11.8 Å². The second kappa shape index (κ2) is 6.64. The minimum absolute atomic E-state index is 0.00726. The summed E-state index contributed by atoms with van der Waals surface area (Å²) >= 11 is 0. The zero-order valence-electron chi connectivity index (χ0n) is 15.6. The fourth-order valence-electron chi connectivity index (χ4n) is 4.49. The molecule has 7 heteroatoms. The lowest BCUT2D eigenvalue weighted by Crippen LogP contribution is -2.44. The van der Waals surface area contributed by atoms with Crippen LogP contribution in [0.5, 0.6) is 0 Å². The van der Waals surface area contributed by atoms with Gasteiger partial charge in [0.15, 0.2) is 0 Å². The number of aromatic nitrogens is 1. The Kier molecular flexibility index (Phi) is 4.42. The normalized spacial score (nSPS) is 31.0. The average Bonchev–Trinajstić information content (AvgIpc) is 3.28. The van der Waals surface area contributed by atoms with E-state index < -0.39 is 17.4 Å². The van der Waals surface area contributed by atoms with Crippen molar-refractivity contribution in [2.75, 3.05) is 13.1 Å². The fourth-order valence-corrected chi connectivity index (χ4v) is 4.49. The van der Waals surface area contributed by atoms with E-state index in [1.165, 1.54) is 6.07 Å². The van der Waals surface area contributed by atoms with Crippen LogP contribution in [0.4, 0.5) is 0 Å². The minimum Gasteiger partial charge on any atom is -0.360 e. The summed E-state index contributed by atoms with van der Waals surface area (Å²) < 4.78 is 7.70. The second-order valence-electron chi connectivity index (χ2n) is 7.84. The molecule has 0 aromatic carbocycles. The average molecular weight is 371 g/mol. The summed E-state index contributed by atoms with van der Waals surface area (Å²) in [6, 6.07) is 5.12. The van der Waals surface area contributed by atoms with Crippen molar-refractivity contribution in [2.24, 2.45) is 11.8 Å². The molecule has 7 nitrogen and oxygen atoms in total. The molecule has 144 valence electrons. The van der Waals surface area contributed by atoms with Gasteiger partial charge in [0.05, 0.1) is 24.5 Å². The van der Waals surface area contributed by atoms with E-state index in [0.29, 0.717) is 26.1 Å². The van der Waals surface area contributed by atoms with Crippen LogP contribution in [-0.2, 0) is 20.9 Å². The summed E-state index contributed by atoms with van der Waals surface area (Å²) in [6.45, 7) is 5.47. The van der Waals surface area contributed by atoms with Crippen LogP contribution in [0.25, 0.3) is 0 Å². The van der Waals surface area contributed by atoms with Gasteiger partial charge in [-0.15, -0.1) is 0 Å². The van der Waals surface area contributed by atoms with Gasteiger partial charge >= 0.3 is 0 Å². The molecule has 4 rings (SSSR count). The third kappa shape index (κ3) is 2.90. The van der Waals surface area contributed by atoms with E-state index in [0.717, 1.165) is 0 Å². The van der Waals surface area contributed by atoms with E-state index in [-0.39, 0.29) is 29.5 Å². The summed E-state index contributed by atoms with van der Waals surface area (Å²) in [7, 11) is 0. The molecule has 3 aliphatic heterocycles. The molecular weight excluding hydrogens is 346 g/mol. The highest BCUT2D eigenvalue weighted by Crippen LogP contribution is 2.52. The Morgan fingerprint density at radius 3 is 2.93 bits per heavy atom. The van der Waals surface area contributed by atoms with Gasteiger partial charge in [0.1, 0.15) is 5.60 Å². The van der Waals surface area contributed by atoms with Crippen LogP contribution >= 0.6 is 0 Å². The third-order valence-electron chi connectivity index (χ3n) is 5.83. The van der Waals surface area contributed by atoms with Gasteiger partial charge in [-0.2, -0.15) is 0 Å². The Bertz CT molecular complexity index is 846. The van der Waals surface area contributed by atoms with Gasteiger partial charge in [-0.05, 0) is 26.3 Å².